The molecule has 0 amide bonds. The van der Waals surface area contributed by atoms with Crippen molar-refractivity contribution in [3.8, 4) is 0 Å². The van der Waals surface area contributed by atoms with E-state index in [1.165, 1.54) is 49.5 Å². The van der Waals surface area contributed by atoms with Crippen LogP contribution in [0.25, 0.3) is 0 Å². The number of piperidine rings is 1. The summed E-state index contributed by atoms with van der Waals surface area (Å²) in [5.41, 5.74) is 3.78. The fourth-order valence-electron chi connectivity index (χ4n) is 3.73. The zero-order valence-corrected chi connectivity index (χ0v) is 11.9. The number of allylic oxidation sites excluding steroid dienone is 1. The summed E-state index contributed by atoms with van der Waals surface area (Å²) in [5, 5.41) is 7.41. The number of hydrogen-bond donors (Lipinski definition) is 3. The van der Waals surface area contributed by atoms with Crippen molar-refractivity contribution in [1.82, 2.24) is 10.6 Å². The fourth-order valence-corrected chi connectivity index (χ4v) is 3.96. The zero-order chi connectivity index (χ0) is 13.7. The zero-order valence-electron chi connectivity index (χ0n) is 11.1. The number of nitrogens with one attached hydrogen (secondary N) is 3. The van der Waals surface area contributed by atoms with E-state index in [1.54, 1.807) is 4.90 Å². The van der Waals surface area contributed by atoms with Crippen LogP contribution < -0.4 is 15.5 Å². The lowest BCUT2D eigenvalue weighted by atomic mass is 9.83. The van der Waals surface area contributed by atoms with Crippen molar-refractivity contribution in [2.75, 3.05) is 13.1 Å². The van der Waals surface area contributed by atoms with Crippen LogP contribution in [-0.4, -0.2) is 18.2 Å². The minimum absolute atomic E-state index is 0.0810. The van der Waals surface area contributed by atoms with Crippen molar-refractivity contribution in [3.63, 3.8) is 0 Å². The van der Waals surface area contributed by atoms with Gasteiger partial charge in [-0.05, 0) is 29.9 Å². The molecular weight excluding hydrogens is 273 g/mol. The van der Waals surface area contributed by atoms with Crippen LogP contribution in [0.5, 0.6) is 0 Å². The van der Waals surface area contributed by atoms with Gasteiger partial charge in [0.1, 0.15) is 11.9 Å². The summed E-state index contributed by atoms with van der Waals surface area (Å²) in [6.07, 6.45) is 2.47. The Balaban J connectivity index is 1.80. The maximum absolute atomic E-state index is 13.1. The number of quaternary nitrogens is 1. The molecule has 1 atom stereocenters. The molecule has 4 aliphatic rings. The number of thiocarbonyl (C=S) groups is 1. The summed E-state index contributed by atoms with van der Waals surface area (Å²) in [6, 6.07) is 6.84. The topological polar surface area (TPSA) is 28.5 Å². The van der Waals surface area contributed by atoms with E-state index < -0.39 is 0 Å². The van der Waals surface area contributed by atoms with Gasteiger partial charge < -0.3 is 15.5 Å². The van der Waals surface area contributed by atoms with E-state index in [1.807, 2.05) is 12.1 Å². The van der Waals surface area contributed by atoms with Gasteiger partial charge in [-0.25, -0.2) is 4.39 Å². The Labute approximate surface area is 122 Å². The van der Waals surface area contributed by atoms with Crippen LogP contribution in [0.3, 0.4) is 0 Å². The molecule has 1 unspecified atom stereocenters. The lowest BCUT2D eigenvalue weighted by Gasteiger charge is -2.44. The van der Waals surface area contributed by atoms with E-state index in [9.17, 15) is 4.39 Å². The third kappa shape index (κ3) is 1.84. The monoisotopic (exact) mass is 290 g/mol. The summed E-state index contributed by atoms with van der Waals surface area (Å²) >= 11 is 5.35. The van der Waals surface area contributed by atoms with Gasteiger partial charge in [0.25, 0.3) is 0 Å². The Morgan fingerprint density at radius 1 is 1.15 bits per heavy atom. The molecule has 1 saturated heterocycles. The molecular formula is C15H17FN3S+. The summed E-state index contributed by atoms with van der Waals surface area (Å²) in [4.78, 5) is 1.54. The van der Waals surface area contributed by atoms with Gasteiger partial charge in [-0.2, -0.15) is 0 Å². The molecule has 104 valence electrons. The first-order chi connectivity index (χ1) is 9.72. The van der Waals surface area contributed by atoms with Gasteiger partial charge in [0, 0.05) is 18.8 Å². The Bertz CT molecular complexity index is 588. The summed E-state index contributed by atoms with van der Waals surface area (Å²) in [6.45, 7) is 2.38. The molecule has 5 heteroatoms. The number of hydrogen-bond acceptors (Lipinski definition) is 1. The second-order valence-corrected chi connectivity index (χ2v) is 6.20. The molecule has 0 saturated carbocycles. The van der Waals surface area contributed by atoms with Gasteiger partial charge in [0.05, 0.1) is 18.8 Å². The molecule has 1 fully saturated rings. The van der Waals surface area contributed by atoms with E-state index in [-0.39, 0.29) is 11.9 Å². The second-order valence-electron chi connectivity index (χ2n) is 5.79. The molecule has 1 aromatic rings. The van der Waals surface area contributed by atoms with Gasteiger partial charge in [-0.15, -0.1) is 0 Å². The van der Waals surface area contributed by atoms with Gasteiger partial charge >= 0.3 is 0 Å². The molecule has 1 aromatic carbocycles. The Kier molecular flexibility index (Phi) is 2.79. The fraction of sp³-hybridized carbons (Fsp3) is 0.400. The van der Waals surface area contributed by atoms with Gasteiger partial charge in [0.15, 0.2) is 10.8 Å². The molecule has 2 bridgehead atoms. The largest absolute Gasteiger partial charge is 0.347 e. The molecule has 3 N–H and O–H groups in total. The first-order valence-electron chi connectivity index (χ1n) is 7.14. The molecule has 0 radical (unpaired) electrons. The highest BCUT2D eigenvalue weighted by Crippen LogP contribution is 2.33. The summed E-state index contributed by atoms with van der Waals surface area (Å²) < 4.78 is 13.1. The molecule has 4 heterocycles. The summed E-state index contributed by atoms with van der Waals surface area (Å²) in [7, 11) is 0. The third-order valence-corrected chi connectivity index (χ3v) is 4.90. The highest BCUT2D eigenvalue weighted by Gasteiger charge is 2.44. The molecule has 3 nitrogen and oxygen atoms in total. The van der Waals surface area contributed by atoms with Crippen LogP contribution in [-0.2, 0) is 0 Å². The summed E-state index contributed by atoms with van der Waals surface area (Å²) in [5.74, 6) is 0.419. The van der Waals surface area contributed by atoms with Gasteiger partial charge in [-0.1, -0.05) is 12.1 Å². The van der Waals surface area contributed by atoms with Crippen molar-refractivity contribution in [2.24, 2.45) is 5.92 Å². The smallest absolute Gasteiger partial charge is 0.171 e. The average Bonchev–Trinajstić information content (AvgIpc) is 2.48. The van der Waals surface area contributed by atoms with Crippen LogP contribution in [0.15, 0.2) is 35.7 Å². The predicted octanol–water partition coefficient (Wildman–Crippen LogP) is 0.865. The lowest BCUT2D eigenvalue weighted by Crippen LogP contribution is -3.14. The minimum Gasteiger partial charge on any atom is -0.347 e. The van der Waals surface area contributed by atoms with Crippen molar-refractivity contribution >= 4 is 17.3 Å². The normalized spacial score (nSPS) is 31.6. The average molecular weight is 290 g/mol. The SMILES string of the molecule is Fc1ccc(C2NC(=S)NC3=C2[NH+]2CCC3CC2)cc1. The van der Waals surface area contributed by atoms with Crippen LogP contribution >= 0.6 is 12.2 Å². The lowest BCUT2D eigenvalue weighted by molar-refractivity contribution is -0.875. The second kappa shape index (κ2) is 4.53. The predicted molar refractivity (Wildman–Crippen MR) is 78.5 cm³/mol. The van der Waals surface area contributed by atoms with Crippen molar-refractivity contribution in [3.05, 3.63) is 47.0 Å². The van der Waals surface area contributed by atoms with Crippen LogP contribution in [0.1, 0.15) is 24.4 Å². The van der Waals surface area contributed by atoms with Gasteiger partial charge in [-0.3, -0.25) is 0 Å². The highest BCUT2D eigenvalue weighted by molar-refractivity contribution is 7.80. The molecule has 5 rings (SSSR count). The van der Waals surface area contributed by atoms with Crippen LogP contribution in [0, 0.1) is 11.7 Å². The molecule has 4 aliphatic heterocycles. The van der Waals surface area contributed by atoms with Gasteiger partial charge in [0.2, 0.25) is 0 Å². The Morgan fingerprint density at radius 2 is 1.85 bits per heavy atom. The van der Waals surface area contributed by atoms with Crippen molar-refractivity contribution in [1.29, 1.82) is 0 Å². The van der Waals surface area contributed by atoms with E-state index in [0.717, 1.165) is 5.56 Å². The van der Waals surface area contributed by atoms with E-state index >= 15 is 0 Å². The quantitative estimate of drug-likeness (QED) is 0.670. The van der Waals surface area contributed by atoms with E-state index in [2.05, 4.69) is 10.6 Å². The first kappa shape index (κ1) is 12.3. The molecule has 20 heavy (non-hydrogen) atoms. The first-order valence-corrected chi connectivity index (χ1v) is 7.55. The number of benzene rings is 1. The molecule has 0 spiro atoms. The molecule has 0 aromatic heterocycles. The molecule has 0 aliphatic carbocycles. The van der Waals surface area contributed by atoms with Crippen LogP contribution in [0.4, 0.5) is 4.39 Å². The third-order valence-electron chi connectivity index (χ3n) is 4.68. The van der Waals surface area contributed by atoms with E-state index in [0.29, 0.717) is 11.0 Å². The minimum atomic E-state index is -0.197. The van der Waals surface area contributed by atoms with Crippen LogP contribution in [0.2, 0.25) is 0 Å². The number of halogens is 1. The Morgan fingerprint density at radius 3 is 2.55 bits per heavy atom. The number of fused-ring (bicyclic) bond motifs is 2. The number of rotatable bonds is 1. The maximum Gasteiger partial charge on any atom is 0.171 e. The Hall–Kier alpha value is -1.46. The highest BCUT2D eigenvalue weighted by atomic mass is 32.1. The van der Waals surface area contributed by atoms with E-state index in [4.69, 9.17) is 12.2 Å². The standard InChI is InChI=1S/C15H16FN3S/c16-11-3-1-9(2-4-11)12-14-13(18-15(20)17-12)10-5-7-19(14)8-6-10/h1-4,10,12H,5-8H2,(H2,17,18,20)/p+1. The van der Waals surface area contributed by atoms with Crippen molar-refractivity contribution < 1.29 is 9.29 Å². The maximum atomic E-state index is 13.1. The van der Waals surface area contributed by atoms with Crippen molar-refractivity contribution in [2.45, 2.75) is 18.9 Å².